The molecular formula is C27H26N2O4S. The molecule has 34 heavy (non-hydrogen) atoms. The number of amidine groups is 1. The summed E-state index contributed by atoms with van der Waals surface area (Å²) >= 11 is 1.34. The molecule has 0 saturated carbocycles. The molecular weight excluding hydrogens is 448 g/mol. The topological polar surface area (TPSA) is 69.2 Å². The number of hydrogen-bond donors (Lipinski definition) is 1. The molecule has 0 aromatic heterocycles. The first kappa shape index (κ1) is 23.4. The van der Waals surface area contributed by atoms with Crippen LogP contribution < -0.4 is 19.5 Å². The Hall–Kier alpha value is -3.71. The first-order chi connectivity index (χ1) is 16.5. The van der Waals surface area contributed by atoms with E-state index in [-0.39, 0.29) is 5.91 Å². The molecule has 1 fully saturated rings. The highest BCUT2D eigenvalue weighted by Gasteiger charge is 2.24. The van der Waals surface area contributed by atoms with Crippen LogP contribution in [0.5, 0.6) is 17.2 Å². The first-order valence-electron chi connectivity index (χ1n) is 10.8. The summed E-state index contributed by atoms with van der Waals surface area (Å²) in [6.45, 7) is 4.42. The standard InChI is InChI=1S/C27H26N2O4S/c1-17-6-5-7-23(18(17)2)28-27-29-26(30)25(34-27)14-19-8-10-21(11-9-19)33-16-20-15-22(31-3)12-13-24(20)32-4/h5-15H,16H2,1-4H3,(H,28,29,30)/b25-14-. The third-order valence-electron chi connectivity index (χ3n) is 5.51. The fourth-order valence-electron chi connectivity index (χ4n) is 3.41. The van der Waals surface area contributed by atoms with Crippen LogP contribution in [0.15, 0.2) is 70.6 Å². The Morgan fingerprint density at radius 1 is 0.971 bits per heavy atom. The van der Waals surface area contributed by atoms with Gasteiger partial charge in [-0.05, 0) is 84.8 Å². The summed E-state index contributed by atoms with van der Waals surface area (Å²) in [5.41, 5.74) is 4.92. The van der Waals surface area contributed by atoms with Crippen LogP contribution >= 0.6 is 11.8 Å². The van der Waals surface area contributed by atoms with Crippen molar-refractivity contribution in [1.29, 1.82) is 0 Å². The Kier molecular flexibility index (Phi) is 7.23. The van der Waals surface area contributed by atoms with E-state index in [2.05, 4.69) is 10.3 Å². The molecule has 1 aliphatic heterocycles. The molecule has 0 atom stereocenters. The Labute approximate surface area is 203 Å². The zero-order valence-corrected chi connectivity index (χ0v) is 20.4. The molecule has 3 aromatic rings. The largest absolute Gasteiger partial charge is 0.497 e. The van der Waals surface area contributed by atoms with Gasteiger partial charge in [-0.3, -0.25) is 4.79 Å². The fraction of sp³-hybridized carbons (Fsp3) is 0.185. The lowest BCUT2D eigenvalue weighted by atomic mass is 10.1. The number of nitrogens with one attached hydrogen (secondary N) is 1. The SMILES string of the molecule is COc1ccc(OC)c(COc2ccc(/C=C3\SC(=Nc4cccc(C)c4C)NC3=O)cc2)c1. The number of carbonyl (C=O) groups is 1. The van der Waals surface area contributed by atoms with E-state index in [1.165, 1.54) is 17.3 Å². The number of carbonyl (C=O) groups excluding carboxylic acids is 1. The number of benzene rings is 3. The molecule has 4 rings (SSSR count). The van der Waals surface area contributed by atoms with Gasteiger partial charge in [-0.15, -0.1) is 0 Å². The maximum absolute atomic E-state index is 12.4. The highest BCUT2D eigenvalue weighted by molar-refractivity contribution is 8.18. The number of aryl methyl sites for hydroxylation is 1. The average Bonchev–Trinajstić information content (AvgIpc) is 3.19. The van der Waals surface area contributed by atoms with E-state index in [1.54, 1.807) is 14.2 Å². The molecule has 0 bridgehead atoms. The fourth-order valence-corrected chi connectivity index (χ4v) is 4.25. The number of hydrogen-bond acceptors (Lipinski definition) is 6. The van der Waals surface area contributed by atoms with Gasteiger partial charge in [0, 0.05) is 5.56 Å². The van der Waals surface area contributed by atoms with Gasteiger partial charge in [0.25, 0.3) is 5.91 Å². The second-order valence-electron chi connectivity index (χ2n) is 7.74. The minimum absolute atomic E-state index is 0.153. The van der Waals surface area contributed by atoms with E-state index in [0.29, 0.717) is 22.4 Å². The zero-order valence-electron chi connectivity index (χ0n) is 19.5. The van der Waals surface area contributed by atoms with Crippen molar-refractivity contribution >= 4 is 34.6 Å². The summed E-state index contributed by atoms with van der Waals surface area (Å²) in [4.78, 5) is 17.7. The van der Waals surface area contributed by atoms with Crippen molar-refractivity contribution < 1.29 is 19.0 Å². The van der Waals surface area contributed by atoms with E-state index in [4.69, 9.17) is 14.2 Å². The van der Waals surface area contributed by atoms with Crippen molar-refractivity contribution in [2.45, 2.75) is 20.5 Å². The predicted octanol–water partition coefficient (Wildman–Crippen LogP) is 5.79. The number of thioether (sulfide) groups is 1. The van der Waals surface area contributed by atoms with Gasteiger partial charge in [-0.25, -0.2) is 4.99 Å². The normalized spacial score (nSPS) is 15.5. The van der Waals surface area contributed by atoms with Crippen molar-refractivity contribution in [1.82, 2.24) is 5.32 Å². The highest BCUT2D eigenvalue weighted by Crippen LogP contribution is 2.30. The van der Waals surface area contributed by atoms with Gasteiger partial charge in [0.15, 0.2) is 5.17 Å². The number of methoxy groups -OCH3 is 2. The molecule has 3 aromatic carbocycles. The van der Waals surface area contributed by atoms with Crippen LogP contribution in [0, 0.1) is 13.8 Å². The number of amides is 1. The zero-order chi connectivity index (χ0) is 24.1. The number of ether oxygens (including phenoxy) is 3. The van der Waals surface area contributed by atoms with Crippen LogP contribution in [-0.2, 0) is 11.4 Å². The van der Waals surface area contributed by atoms with Crippen LogP contribution in [-0.4, -0.2) is 25.3 Å². The molecule has 174 valence electrons. The summed E-state index contributed by atoms with van der Waals surface area (Å²) in [6, 6.07) is 19.1. The third-order valence-corrected chi connectivity index (χ3v) is 6.42. The lowest BCUT2D eigenvalue weighted by molar-refractivity contribution is -0.115. The molecule has 1 aliphatic rings. The van der Waals surface area contributed by atoms with Crippen LogP contribution in [0.4, 0.5) is 5.69 Å². The molecule has 7 heteroatoms. The van der Waals surface area contributed by atoms with E-state index in [9.17, 15) is 4.79 Å². The van der Waals surface area contributed by atoms with Crippen molar-refractivity contribution in [3.05, 3.63) is 87.8 Å². The molecule has 6 nitrogen and oxygen atoms in total. The van der Waals surface area contributed by atoms with E-state index in [0.717, 1.165) is 33.9 Å². The smallest absolute Gasteiger partial charge is 0.264 e. The number of aliphatic imine (C=N–C) groups is 1. The summed E-state index contributed by atoms with van der Waals surface area (Å²) in [6.07, 6.45) is 1.85. The summed E-state index contributed by atoms with van der Waals surface area (Å²) in [7, 11) is 3.25. The number of nitrogens with zero attached hydrogens (tertiary/aromatic N) is 1. The minimum Gasteiger partial charge on any atom is -0.497 e. The van der Waals surface area contributed by atoms with Crippen LogP contribution in [0.25, 0.3) is 6.08 Å². The van der Waals surface area contributed by atoms with Crippen LogP contribution in [0.2, 0.25) is 0 Å². The molecule has 0 unspecified atom stereocenters. The van der Waals surface area contributed by atoms with Crippen molar-refractivity contribution in [3.8, 4) is 17.2 Å². The van der Waals surface area contributed by atoms with Crippen LogP contribution in [0.3, 0.4) is 0 Å². The Bertz CT molecular complexity index is 1270. The molecule has 1 amide bonds. The molecule has 1 N–H and O–H groups in total. The third kappa shape index (κ3) is 5.43. The van der Waals surface area contributed by atoms with Crippen molar-refractivity contribution in [3.63, 3.8) is 0 Å². The molecule has 0 radical (unpaired) electrons. The lowest BCUT2D eigenvalue weighted by Gasteiger charge is -2.12. The minimum atomic E-state index is -0.153. The van der Waals surface area contributed by atoms with Gasteiger partial charge in [-0.2, -0.15) is 0 Å². The van der Waals surface area contributed by atoms with Gasteiger partial charge in [0.1, 0.15) is 23.9 Å². The summed E-state index contributed by atoms with van der Waals surface area (Å²) < 4.78 is 16.6. The molecule has 1 saturated heterocycles. The average molecular weight is 475 g/mol. The van der Waals surface area contributed by atoms with Gasteiger partial charge in [0.2, 0.25) is 0 Å². The monoisotopic (exact) mass is 474 g/mol. The van der Waals surface area contributed by atoms with Crippen molar-refractivity contribution in [2.75, 3.05) is 14.2 Å². The second-order valence-corrected chi connectivity index (χ2v) is 8.77. The van der Waals surface area contributed by atoms with Crippen molar-refractivity contribution in [2.24, 2.45) is 4.99 Å². The summed E-state index contributed by atoms with van der Waals surface area (Å²) in [5.74, 6) is 2.05. The van der Waals surface area contributed by atoms with Gasteiger partial charge in [0.05, 0.1) is 24.8 Å². The Balaban J connectivity index is 1.43. The van der Waals surface area contributed by atoms with Gasteiger partial charge >= 0.3 is 0 Å². The van der Waals surface area contributed by atoms with E-state index in [1.807, 2.05) is 80.6 Å². The Morgan fingerprint density at radius 2 is 1.74 bits per heavy atom. The van der Waals surface area contributed by atoms with Gasteiger partial charge in [-0.1, -0.05) is 24.3 Å². The van der Waals surface area contributed by atoms with Gasteiger partial charge < -0.3 is 19.5 Å². The first-order valence-corrected chi connectivity index (χ1v) is 11.6. The number of rotatable bonds is 7. The predicted molar refractivity (Wildman–Crippen MR) is 137 cm³/mol. The molecule has 0 spiro atoms. The Morgan fingerprint density at radius 3 is 2.47 bits per heavy atom. The second kappa shape index (κ2) is 10.5. The lowest BCUT2D eigenvalue weighted by Crippen LogP contribution is -2.19. The molecule has 0 aliphatic carbocycles. The highest BCUT2D eigenvalue weighted by atomic mass is 32.2. The van der Waals surface area contributed by atoms with E-state index >= 15 is 0 Å². The maximum Gasteiger partial charge on any atom is 0.264 e. The van der Waals surface area contributed by atoms with Crippen LogP contribution in [0.1, 0.15) is 22.3 Å². The van der Waals surface area contributed by atoms with E-state index < -0.39 is 0 Å². The molecule has 1 heterocycles. The summed E-state index contributed by atoms with van der Waals surface area (Å²) in [5, 5.41) is 3.43. The quantitative estimate of drug-likeness (QED) is 0.439. The maximum atomic E-state index is 12.4.